The van der Waals surface area contributed by atoms with Crippen LogP contribution in [0.3, 0.4) is 0 Å². The van der Waals surface area contributed by atoms with Crippen LogP contribution < -0.4 is 46.9 Å². The van der Waals surface area contributed by atoms with E-state index in [4.69, 9.17) is 64.9 Å². The van der Waals surface area contributed by atoms with E-state index in [-0.39, 0.29) is 64.3 Å². The van der Waals surface area contributed by atoms with Crippen LogP contribution in [0.15, 0.2) is 147 Å². The molecule has 0 atom stereocenters. The molecule has 2 aliphatic carbocycles. The highest BCUT2D eigenvalue weighted by Gasteiger charge is 2.22. The minimum atomic E-state index is -0.475. The van der Waals surface area contributed by atoms with E-state index in [9.17, 15) is 33.9 Å². The number of hydrogen-bond acceptors (Lipinski definition) is 17. The summed E-state index contributed by atoms with van der Waals surface area (Å²) in [5, 5.41) is 17.8. The number of aromatic nitrogens is 8. The van der Waals surface area contributed by atoms with Gasteiger partial charge in [0.1, 0.15) is 85.2 Å². The van der Waals surface area contributed by atoms with Gasteiger partial charge in [-0.3, -0.25) is 43.3 Å². The standard InChI is InChI=1S/C20H25ClN2O2.C19H23ClN2O2.C12H11ClN2O2.C12H12N2O2.C8H10N2O.C5H8O3.BBr3/c1-14-18(21)20(24)23(13-12-15-8-4-3-5-9-15)19(22-14)16-10-6-7-11-17(16)25-2;1-13-17(20)19(24)22(12-11-14-7-3-2-4-8-14)18(21-13)15-9-5-6-10-16(15)23;1-7-10(13)12(16)15-11(14-7)8-5-3-4-6-9(8)17-2;1-8-7-11(15)14-12(13-8)9-5-3-4-6-10(9)16-2;1-11-7-5-3-2-4-6(7)8(9)10;1-4(6)3-5(7)8-2;2-1(3)4/h6-7,10-11,15H,3-5,8-9,12-13H2,1-2H3;5-6,9-10,14,23H,2-4,7-8,11-12H2,1H3;3-6H,1-2H3,(H,14,15,16);3-7H,1-2H3,(H,13,14,15);2-5H,1H3,(H3,9,10);3H2,1-2H3;. The number of carbonyl (C=O) groups is 2. The zero-order valence-electron chi connectivity index (χ0n) is 60.4. The third-order valence-corrected chi connectivity index (χ3v) is 18.0. The first kappa shape index (κ1) is 87.2. The van der Waals surface area contributed by atoms with Crippen LogP contribution in [-0.4, -0.2) is 100 Å². The van der Waals surface area contributed by atoms with E-state index in [2.05, 4.69) is 81.9 Å². The highest BCUT2D eigenvalue weighted by Crippen LogP contribution is 2.34. The molecule has 2 saturated carbocycles. The minimum absolute atomic E-state index is 0.0300. The van der Waals surface area contributed by atoms with Gasteiger partial charge in [0.15, 0.2) is 0 Å². The largest absolute Gasteiger partial charge is 0.507 e. The van der Waals surface area contributed by atoms with Crippen molar-refractivity contribution >= 4 is 103 Å². The molecule has 4 heterocycles. The Balaban J connectivity index is 0.000000231. The summed E-state index contributed by atoms with van der Waals surface area (Å²) in [6.45, 7) is 9.54. The molecular formula is C76H89BBr3Cl3N10O12. The number of carbonyl (C=O) groups excluding carboxylic acids is 2. The average molecular weight is 1690 g/mol. The van der Waals surface area contributed by atoms with Crippen molar-refractivity contribution in [3.05, 3.63) is 212 Å². The predicted octanol–water partition coefficient (Wildman–Crippen LogP) is 16.8. The van der Waals surface area contributed by atoms with Crippen molar-refractivity contribution in [2.24, 2.45) is 17.6 Å². The van der Waals surface area contributed by atoms with Crippen molar-refractivity contribution in [3.8, 4) is 74.3 Å². The number of amidine groups is 1. The number of ketones is 1. The number of H-pyrrole nitrogens is 2. The zero-order chi connectivity index (χ0) is 77.3. The Bertz CT molecular complexity index is 4590. The summed E-state index contributed by atoms with van der Waals surface area (Å²) in [7, 11) is 7.60. The van der Waals surface area contributed by atoms with E-state index in [0.717, 1.165) is 29.5 Å². The number of rotatable bonds is 17. The van der Waals surface area contributed by atoms with E-state index >= 15 is 0 Å². The normalized spacial score (nSPS) is 12.3. The predicted molar refractivity (Wildman–Crippen MR) is 430 cm³/mol. The molecule has 11 rings (SSSR count). The Kier molecular flexibility index (Phi) is 37.5. The van der Waals surface area contributed by atoms with E-state index in [1.807, 2.05) is 84.9 Å². The van der Waals surface area contributed by atoms with Gasteiger partial charge in [0.2, 0.25) is 0 Å². The molecule has 0 bridgehead atoms. The Hall–Kier alpha value is -8.40. The molecule has 22 nitrogen and oxygen atoms in total. The number of esters is 1. The molecule has 0 saturated heterocycles. The van der Waals surface area contributed by atoms with Gasteiger partial charge in [-0.25, -0.2) is 19.9 Å². The maximum atomic E-state index is 12.8. The lowest BCUT2D eigenvalue weighted by Gasteiger charge is -2.23. The highest BCUT2D eigenvalue weighted by atomic mass is 79.9. The van der Waals surface area contributed by atoms with Crippen LogP contribution >= 0.6 is 82.1 Å². The lowest BCUT2D eigenvalue weighted by Crippen LogP contribution is -2.26. The first-order chi connectivity index (χ1) is 50.2. The fourth-order valence-electron chi connectivity index (χ4n) is 11.4. The number of nitrogen functional groups attached to an aromatic ring is 1. The number of nitrogens with two attached hydrogens (primary N) is 1. The quantitative estimate of drug-likeness (QED) is 0.0186. The van der Waals surface area contributed by atoms with Gasteiger partial charge in [-0.15, -0.1) is 47.3 Å². The van der Waals surface area contributed by atoms with Gasteiger partial charge in [0.05, 0.1) is 80.4 Å². The van der Waals surface area contributed by atoms with E-state index in [0.29, 0.717) is 105 Å². The van der Waals surface area contributed by atoms with Crippen molar-refractivity contribution in [2.45, 2.75) is 131 Å². The van der Waals surface area contributed by atoms with Gasteiger partial charge in [-0.2, -0.15) is 0 Å². The van der Waals surface area contributed by atoms with Gasteiger partial charge in [0, 0.05) is 24.8 Å². The van der Waals surface area contributed by atoms with Crippen molar-refractivity contribution < 1.29 is 38.4 Å². The third kappa shape index (κ3) is 27.5. The van der Waals surface area contributed by atoms with Gasteiger partial charge in [-0.05, 0) is 120 Å². The number of phenols is 1. The minimum Gasteiger partial charge on any atom is -0.507 e. The fraction of sp³-hybridized carbons (Fsp3) is 0.355. The summed E-state index contributed by atoms with van der Waals surface area (Å²) in [6.07, 6.45) is 14.6. The number of aromatic hydroxyl groups is 1. The topological polar surface area (TPSA) is 312 Å². The summed E-state index contributed by atoms with van der Waals surface area (Å²) in [6, 6.07) is 38.0. The molecule has 6 N–H and O–H groups in total. The monoisotopic (exact) mass is 1690 g/mol. The van der Waals surface area contributed by atoms with Crippen LogP contribution in [0.5, 0.6) is 28.7 Å². The number of phenolic OH excluding ortho intramolecular Hbond substituents is 1. The van der Waals surface area contributed by atoms with Crippen LogP contribution in [0.2, 0.25) is 15.1 Å². The Morgan fingerprint density at radius 3 is 1.32 bits per heavy atom. The summed E-state index contributed by atoms with van der Waals surface area (Å²) in [4.78, 5) is 91.7. The van der Waals surface area contributed by atoms with Crippen LogP contribution in [0.25, 0.3) is 45.6 Å². The summed E-state index contributed by atoms with van der Waals surface area (Å²) < 4.78 is 28.7. The van der Waals surface area contributed by atoms with Crippen LogP contribution in [-0.2, 0) is 27.4 Å². The second-order valence-electron chi connectivity index (χ2n) is 24.2. The number of aromatic amines is 2. The number of para-hydroxylation sites is 5. The molecule has 29 heteroatoms. The Morgan fingerprint density at radius 1 is 0.552 bits per heavy atom. The number of methoxy groups -OCH3 is 5. The van der Waals surface area contributed by atoms with E-state index in [1.54, 1.807) is 102 Å². The molecule has 2 aliphatic rings. The zero-order valence-corrected chi connectivity index (χ0v) is 67.5. The number of nitrogens with one attached hydrogen (secondary N) is 3. The molecule has 0 aliphatic heterocycles. The van der Waals surface area contributed by atoms with Crippen molar-refractivity contribution in [1.82, 2.24) is 39.0 Å². The molecule has 9 aromatic rings. The van der Waals surface area contributed by atoms with E-state index < -0.39 is 5.97 Å². The molecule has 5 aromatic carbocycles. The average Bonchev–Trinajstić information content (AvgIpc) is 0.796. The lowest BCUT2D eigenvalue weighted by molar-refractivity contribution is -0.142. The first-order valence-corrected chi connectivity index (χ1v) is 37.6. The highest BCUT2D eigenvalue weighted by molar-refractivity contribution is 9.69. The van der Waals surface area contributed by atoms with Crippen LogP contribution in [0.1, 0.15) is 119 Å². The van der Waals surface area contributed by atoms with Crippen LogP contribution in [0, 0.1) is 44.9 Å². The molecule has 560 valence electrons. The smallest absolute Gasteiger partial charge is 0.369 e. The van der Waals surface area contributed by atoms with Gasteiger partial charge in [-0.1, -0.05) is 160 Å². The third-order valence-electron chi connectivity index (χ3n) is 16.7. The lowest BCUT2D eigenvalue weighted by atomic mass is 9.87. The Morgan fingerprint density at radius 2 is 0.933 bits per heavy atom. The number of halogens is 6. The maximum Gasteiger partial charge on any atom is 0.369 e. The molecule has 0 spiro atoms. The van der Waals surface area contributed by atoms with Crippen LogP contribution in [0.4, 0.5) is 0 Å². The fourth-order valence-corrected chi connectivity index (χ4v) is 11.8. The SMILES string of the molecule is BrB(Br)Br.COC(=O)CC(C)=O.COc1ccccc1-c1nc(C)c(Cl)c(=O)[nH]1.COc1ccccc1-c1nc(C)c(Cl)c(=O)n1CCC1CCCCC1.COc1ccccc1-c1nc(C)cc(=O)[nH]1.COc1ccccc1C(=N)N.Cc1nc(-c2ccccc2O)n(CCC2CCCCC2)c(=O)c1Cl. The Labute approximate surface area is 651 Å². The molecule has 0 radical (unpaired) electrons. The molecule has 4 aromatic heterocycles. The molecule has 2 fully saturated rings. The van der Waals surface area contributed by atoms with E-state index in [1.165, 1.54) is 84.3 Å². The maximum absolute atomic E-state index is 12.8. The summed E-state index contributed by atoms with van der Waals surface area (Å²) in [5.74, 6) is 5.66. The van der Waals surface area contributed by atoms with Gasteiger partial charge >= 0.3 is 9.15 Å². The van der Waals surface area contributed by atoms with Gasteiger partial charge in [0.25, 0.3) is 22.2 Å². The first-order valence-electron chi connectivity index (χ1n) is 33.7. The van der Waals surface area contributed by atoms with Crippen molar-refractivity contribution in [3.63, 3.8) is 0 Å². The summed E-state index contributed by atoms with van der Waals surface area (Å²) >= 11 is 27.4. The molecular weight excluding hydrogens is 1600 g/mol. The number of ether oxygens (including phenoxy) is 5. The second-order valence-corrected chi connectivity index (χ2v) is 31.7. The molecule has 105 heavy (non-hydrogen) atoms. The number of Topliss-reactive ketones (excluding diaryl/α,β-unsaturated/α-hetero) is 1. The molecule has 0 amide bonds. The number of benzene rings is 5. The summed E-state index contributed by atoms with van der Waals surface area (Å²) in [5.41, 5.74) is 10.2. The van der Waals surface area contributed by atoms with Crippen molar-refractivity contribution in [1.29, 1.82) is 5.41 Å². The van der Waals surface area contributed by atoms with Crippen molar-refractivity contribution in [2.75, 3.05) is 35.5 Å². The van der Waals surface area contributed by atoms with Gasteiger partial charge < -0.3 is 44.5 Å². The second kappa shape index (κ2) is 45.2. The number of hydrogen-bond donors (Lipinski definition) is 5. The molecule has 0 unspecified atom stereocenters. The number of aryl methyl sites for hydroxylation is 4. The number of nitrogens with zero attached hydrogens (tertiary/aromatic N) is 6.